The molecule has 0 heterocycles. The Kier molecular flexibility index (Phi) is 5.01. The van der Waals surface area contributed by atoms with Crippen molar-refractivity contribution in [3.05, 3.63) is 29.8 Å². The predicted octanol–water partition coefficient (Wildman–Crippen LogP) is 1.67. The summed E-state index contributed by atoms with van der Waals surface area (Å²) in [7, 11) is 4.03. The van der Waals surface area contributed by atoms with E-state index in [1.165, 1.54) is 11.3 Å². The smallest absolute Gasteiger partial charge is 0.223 e. The number of benzene rings is 1. The molecule has 0 aliphatic heterocycles. The van der Waals surface area contributed by atoms with E-state index in [9.17, 15) is 4.79 Å². The van der Waals surface area contributed by atoms with E-state index in [0.29, 0.717) is 19.0 Å². The summed E-state index contributed by atoms with van der Waals surface area (Å²) in [5.41, 5.74) is 2.35. The van der Waals surface area contributed by atoms with Crippen molar-refractivity contribution in [3.8, 4) is 0 Å². The first-order chi connectivity index (χ1) is 9.61. The normalized spacial score (nSPS) is 14.2. The van der Waals surface area contributed by atoms with Gasteiger partial charge in [0.2, 0.25) is 5.91 Å². The molecule has 0 spiro atoms. The molecular formula is C16H24N2O2. The highest BCUT2D eigenvalue weighted by molar-refractivity contribution is 5.77. The number of anilines is 1. The van der Waals surface area contributed by atoms with E-state index >= 15 is 0 Å². The van der Waals surface area contributed by atoms with E-state index in [0.717, 1.165) is 19.3 Å². The van der Waals surface area contributed by atoms with Crippen molar-refractivity contribution in [2.24, 2.45) is 0 Å². The number of carbonyl (C=O) groups excluding carboxylic acids is 1. The minimum Gasteiger partial charge on any atom is -0.395 e. The van der Waals surface area contributed by atoms with Crippen LogP contribution in [0.25, 0.3) is 0 Å². The van der Waals surface area contributed by atoms with E-state index < -0.39 is 0 Å². The molecule has 2 rings (SSSR count). The molecule has 1 aliphatic rings. The van der Waals surface area contributed by atoms with Crippen molar-refractivity contribution in [1.29, 1.82) is 0 Å². The third-order valence-electron chi connectivity index (χ3n) is 3.73. The Bertz CT molecular complexity index is 438. The van der Waals surface area contributed by atoms with Crippen LogP contribution in [-0.2, 0) is 11.2 Å². The second-order valence-electron chi connectivity index (χ2n) is 5.60. The van der Waals surface area contributed by atoms with Crippen LogP contribution in [0.3, 0.4) is 0 Å². The molecule has 1 N–H and O–H groups in total. The average molecular weight is 276 g/mol. The van der Waals surface area contributed by atoms with Gasteiger partial charge >= 0.3 is 0 Å². The summed E-state index contributed by atoms with van der Waals surface area (Å²) in [4.78, 5) is 16.1. The van der Waals surface area contributed by atoms with E-state index in [2.05, 4.69) is 29.2 Å². The topological polar surface area (TPSA) is 43.8 Å². The van der Waals surface area contributed by atoms with Crippen LogP contribution in [-0.4, -0.2) is 49.2 Å². The number of rotatable bonds is 7. The Balaban J connectivity index is 1.85. The summed E-state index contributed by atoms with van der Waals surface area (Å²) in [5, 5.41) is 9.03. The summed E-state index contributed by atoms with van der Waals surface area (Å²) < 4.78 is 0. The highest BCUT2D eigenvalue weighted by Gasteiger charge is 2.31. The molecule has 20 heavy (non-hydrogen) atoms. The average Bonchev–Trinajstić information content (AvgIpc) is 3.27. The fraction of sp³-hybridized carbons (Fsp3) is 0.562. The first kappa shape index (κ1) is 14.9. The maximum absolute atomic E-state index is 12.2. The van der Waals surface area contributed by atoms with Gasteiger partial charge in [-0.2, -0.15) is 0 Å². The van der Waals surface area contributed by atoms with Gasteiger partial charge in [-0.25, -0.2) is 0 Å². The molecule has 1 aliphatic carbocycles. The first-order valence-corrected chi connectivity index (χ1v) is 7.28. The zero-order valence-electron chi connectivity index (χ0n) is 12.4. The highest BCUT2D eigenvalue weighted by atomic mass is 16.3. The Labute approximate surface area is 121 Å². The first-order valence-electron chi connectivity index (χ1n) is 7.28. The van der Waals surface area contributed by atoms with Crippen LogP contribution in [0.4, 0.5) is 5.69 Å². The third-order valence-corrected chi connectivity index (χ3v) is 3.73. The van der Waals surface area contributed by atoms with Crippen molar-refractivity contribution in [3.63, 3.8) is 0 Å². The fourth-order valence-corrected chi connectivity index (χ4v) is 2.36. The summed E-state index contributed by atoms with van der Waals surface area (Å²) in [6, 6.07) is 8.69. The van der Waals surface area contributed by atoms with Crippen LogP contribution >= 0.6 is 0 Å². The van der Waals surface area contributed by atoms with Crippen molar-refractivity contribution < 1.29 is 9.90 Å². The number of hydrogen-bond donors (Lipinski definition) is 1. The number of aryl methyl sites for hydroxylation is 1. The molecular weight excluding hydrogens is 252 g/mol. The Morgan fingerprint density at radius 1 is 1.25 bits per heavy atom. The lowest BCUT2D eigenvalue weighted by molar-refractivity contribution is -0.132. The van der Waals surface area contributed by atoms with Crippen LogP contribution < -0.4 is 4.90 Å². The van der Waals surface area contributed by atoms with Crippen molar-refractivity contribution in [2.45, 2.75) is 31.7 Å². The van der Waals surface area contributed by atoms with Crippen LogP contribution in [0.5, 0.6) is 0 Å². The van der Waals surface area contributed by atoms with Gasteiger partial charge in [-0.15, -0.1) is 0 Å². The lowest BCUT2D eigenvalue weighted by atomic mass is 10.1. The maximum Gasteiger partial charge on any atom is 0.223 e. The van der Waals surface area contributed by atoms with Crippen LogP contribution in [0.1, 0.15) is 24.8 Å². The number of aliphatic hydroxyl groups is 1. The minimum absolute atomic E-state index is 0.0553. The predicted molar refractivity (Wildman–Crippen MR) is 80.9 cm³/mol. The molecule has 110 valence electrons. The van der Waals surface area contributed by atoms with E-state index in [-0.39, 0.29) is 12.5 Å². The van der Waals surface area contributed by atoms with Gasteiger partial charge in [-0.05, 0) is 37.0 Å². The van der Waals surface area contributed by atoms with Gasteiger partial charge in [0, 0.05) is 38.8 Å². The van der Waals surface area contributed by atoms with Crippen LogP contribution in [0.2, 0.25) is 0 Å². The highest BCUT2D eigenvalue weighted by Crippen LogP contribution is 2.27. The summed E-state index contributed by atoms with van der Waals surface area (Å²) in [5.74, 6) is 0.165. The molecule has 0 bridgehead atoms. The molecule has 1 fully saturated rings. The lowest BCUT2D eigenvalue weighted by Gasteiger charge is -2.21. The third kappa shape index (κ3) is 3.97. The van der Waals surface area contributed by atoms with Gasteiger partial charge < -0.3 is 14.9 Å². The number of aliphatic hydroxyl groups excluding tert-OH is 1. The van der Waals surface area contributed by atoms with Crippen molar-refractivity contribution in [1.82, 2.24) is 4.90 Å². The number of nitrogens with zero attached hydrogens (tertiary/aromatic N) is 2. The maximum atomic E-state index is 12.2. The van der Waals surface area contributed by atoms with Gasteiger partial charge in [-0.1, -0.05) is 12.1 Å². The Morgan fingerprint density at radius 2 is 1.90 bits per heavy atom. The summed E-state index contributed by atoms with van der Waals surface area (Å²) in [6.45, 7) is 0.531. The monoisotopic (exact) mass is 276 g/mol. The number of hydrogen-bond acceptors (Lipinski definition) is 3. The number of amides is 1. The molecule has 1 amide bonds. The molecule has 0 radical (unpaired) electrons. The molecule has 0 saturated heterocycles. The van der Waals surface area contributed by atoms with Gasteiger partial charge in [0.15, 0.2) is 0 Å². The molecule has 1 aromatic carbocycles. The fourth-order valence-electron chi connectivity index (χ4n) is 2.36. The van der Waals surface area contributed by atoms with E-state index in [1.54, 1.807) is 0 Å². The van der Waals surface area contributed by atoms with Gasteiger partial charge in [0.05, 0.1) is 6.61 Å². The van der Waals surface area contributed by atoms with Crippen molar-refractivity contribution in [2.75, 3.05) is 32.1 Å². The van der Waals surface area contributed by atoms with Crippen LogP contribution in [0, 0.1) is 0 Å². The van der Waals surface area contributed by atoms with E-state index in [1.807, 2.05) is 19.0 Å². The second-order valence-corrected chi connectivity index (χ2v) is 5.60. The molecule has 0 atom stereocenters. The van der Waals surface area contributed by atoms with Gasteiger partial charge in [0.1, 0.15) is 0 Å². The van der Waals surface area contributed by atoms with Crippen LogP contribution in [0.15, 0.2) is 24.3 Å². The largest absolute Gasteiger partial charge is 0.395 e. The number of carbonyl (C=O) groups is 1. The van der Waals surface area contributed by atoms with Gasteiger partial charge in [-0.3, -0.25) is 4.79 Å². The van der Waals surface area contributed by atoms with Gasteiger partial charge in [0.25, 0.3) is 0 Å². The zero-order chi connectivity index (χ0) is 14.5. The van der Waals surface area contributed by atoms with Crippen molar-refractivity contribution >= 4 is 11.6 Å². The molecule has 4 heteroatoms. The zero-order valence-corrected chi connectivity index (χ0v) is 12.4. The standard InChI is InChI=1S/C16H24N2O2/c1-17(2)14-6-3-13(4-7-14)5-10-16(20)18(11-12-19)15-8-9-15/h3-4,6-7,15,19H,5,8-12H2,1-2H3. The molecule has 0 aromatic heterocycles. The molecule has 0 unspecified atom stereocenters. The Hall–Kier alpha value is -1.55. The molecule has 1 saturated carbocycles. The lowest BCUT2D eigenvalue weighted by Crippen LogP contribution is -2.35. The summed E-state index contributed by atoms with van der Waals surface area (Å²) in [6.07, 6.45) is 3.46. The minimum atomic E-state index is 0.0553. The second kappa shape index (κ2) is 6.75. The summed E-state index contributed by atoms with van der Waals surface area (Å²) >= 11 is 0. The quantitative estimate of drug-likeness (QED) is 0.824. The molecule has 4 nitrogen and oxygen atoms in total. The SMILES string of the molecule is CN(C)c1ccc(CCC(=O)N(CCO)C2CC2)cc1. The Morgan fingerprint density at radius 3 is 2.40 bits per heavy atom. The van der Waals surface area contributed by atoms with E-state index in [4.69, 9.17) is 5.11 Å². The molecule has 1 aromatic rings.